The number of halogens is 1. The summed E-state index contributed by atoms with van der Waals surface area (Å²) < 4.78 is 5.06. The maximum absolute atomic E-state index is 12.1. The third-order valence-electron chi connectivity index (χ3n) is 3.00. The van der Waals surface area contributed by atoms with E-state index in [0.717, 1.165) is 18.3 Å². The smallest absolute Gasteiger partial charge is 0.275 e. The number of amides is 1. The standard InChI is InChI=1S/C15H12ClN3O5/c1-24-14-5-2-10(16)7-12(14)15(21)18-17-8-9-6-11(19(22)23)3-4-13(9)20/h2-8,20H,1H3,(H,18,21). The van der Waals surface area contributed by atoms with Gasteiger partial charge in [0.15, 0.2) is 0 Å². The van der Waals surface area contributed by atoms with Crippen molar-refractivity contribution in [2.75, 3.05) is 7.11 Å². The minimum absolute atomic E-state index is 0.0857. The highest BCUT2D eigenvalue weighted by Gasteiger charge is 2.13. The second-order valence-electron chi connectivity index (χ2n) is 4.54. The highest BCUT2D eigenvalue weighted by molar-refractivity contribution is 6.31. The van der Waals surface area contributed by atoms with Gasteiger partial charge in [0.2, 0.25) is 0 Å². The van der Waals surface area contributed by atoms with Crippen LogP contribution in [0.4, 0.5) is 5.69 Å². The quantitative estimate of drug-likeness (QED) is 0.489. The van der Waals surface area contributed by atoms with Gasteiger partial charge in [0.25, 0.3) is 11.6 Å². The molecule has 0 bridgehead atoms. The first-order chi connectivity index (χ1) is 11.4. The molecular formula is C15H12ClN3O5. The van der Waals surface area contributed by atoms with Crippen LogP contribution < -0.4 is 10.2 Å². The number of phenolic OH excluding ortho intramolecular Hbond substituents is 1. The van der Waals surface area contributed by atoms with E-state index in [2.05, 4.69) is 10.5 Å². The van der Waals surface area contributed by atoms with Crippen molar-refractivity contribution in [3.8, 4) is 11.5 Å². The van der Waals surface area contributed by atoms with Gasteiger partial charge in [0.1, 0.15) is 11.5 Å². The molecule has 124 valence electrons. The molecule has 0 unspecified atom stereocenters. The zero-order valence-electron chi connectivity index (χ0n) is 12.4. The minimum atomic E-state index is -0.605. The van der Waals surface area contributed by atoms with Gasteiger partial charge in [0, 0.05) is 22.7 Å². The molecule has 0 saturated carbocycles. The molecule has 0 aromatic heterocycles. The molecule has 9 heteroatoms. The molecule has 0 fully saturated rings. The highest BCUT2D eigenvalue weighted by Crippen LogP contribution is 2.23. The Kier molecular flexibility index (Phi) is 5.33. The zero-order valence-corrected chi connectivity index (χ0v) is 13.1. The summed E-state index contributed by atoms with van der Waals surface area (Å²) in [7, 11) is 1.41. The average molecular weight is 350 g/mol. The van der Waals surface area contributed by atoms with Crippen molar-refractivity contribution in [2.24, 2.45) is 5.10 Å². The Morgan fingerprint density at radius 1 is 1.38 bits per heavy atom. The molecular weight excluding hydrogens is 338 g/mol. The number of carbonyl (C=O) groups is 1. The number of hydrazone groups is 1. The van der Waals surface area contributed by atoms with E-state index in [4.69, 9.17) is 16.3 Å². The Bertz CT molecular complexity index is 823. The number of hydrogen-bond donors (Lipinski definition) is 2. The third-order valence-corrected chi connectivity index (χ3v) is 3.23. The first kappa shape index (κ1) is 17.2. The molecule has 0 spiro atoms. The molecule has 8 nitrogen and oxygen atoms in total. The summed E-state index contributed by atoms with van der Waals surface area (Å²) in [6.45, 7) is 0. The summed E-state index contributed by atoms with van der Waals surface area (Å²) in [6.07, 6.45) is 1.09. The fourth-order valence-corrected chi connectivity index (χ4v) is 2.01. The SMILES string of the molecule is COc1ccc(Cl)cc1C(=O)NN=Cc1cc([N+](=O)[O-])ccc1O. The highest BCUT2D eigenvalue weighted by atomic mass is 35.5. The average Bonchev–Trinajstić information content (AvgIpc) is 2.56. The maximum atomic E-state index is 12.1. The second-order valence-corrected chi connectivity index (χ2v) is 4.98. The Balaban J connectivity index is 2.17. The molecule has 0 aliphatic carbocycles. The number of hydrogen-bond acceptors (Lipinski definition) is 6. The normalized spacial score (nSPS) is 10.6. The number of carbonyl (C=O) groups excluding carboxylic acids is 1. The largest absolute Gasteiger partial charge is 0.507 e. The van der Waals surface area contributed by atoms with Gasteiger partial charge < -0.3 is 9.84 Å². The van der Waals surface area contributed by atoms with Crippen molar-refractivity contribution in [2.45, 2.75) is 0 Å². The van der Waals surface area contributed by atoms with Gasteiger partial charge in [-0.15, -0.1) is 0 Å². The van der Waals surface area contributed by atoms with Crippen LogP contribution in [0, 0.1) is 10.1 Å². The summed E-state index contributed by atoms with van der Waals surface area (Å²) in [5, 5.41) is 24.4. The number of methoxy groups -OCH3 is 1. The molecule has 24 heavy (non-hydrogen) atoms. The molecule has 0 saturated heterocycles. The van der Waals surface area contributed by atoms with Crippen LogP contribution in [0.1, 0.15) is 15.9 Å². The Labute approximate surface area is 141 Å². The van der Waals surface area contributed by atoms with Crippen LogP contribution in [0.2, 0.25) is 5.02 Å². The van der Waals surface area contributed by atoms with Gasteiger partial charge in [-0.05, 0) is 24.3 Å². The summed E-state index contributed by atoms with van der Waals surface area (Å²) >= 11 is 5.84. The van der Waals surface area contributed by atoms with E-state index in [9.17, 15) is 20.0 Å². The van der Waals surface area contributed by atoms with Crippen molar-refractivity contribution in [1.82, 2.24) is 5.43 Å². The second kappa shape index (κ2) is 7.42. The predicted molar refractivity (Wildman–Crippen MR) is 87.8 cm³/mol. The third kappa shape index (κ3) is 3.99. The van der Waals surface area contributed by atoms with Crippen LogP contribution in [-0.2, 0) is 0 Å². The van der Waals surface area contributed by atoms with Gasteiger partial charge in [-0.1, -0.05) is 11.6 Å². The van der Waals surface area contributed by atoms with Crippen LogP contribution >= 0.6 is 11.6 Å². The van der Waals surface area contributed by atoms with Crippen LogP contribution in [0.25, 0.3) is 0 Å². The number of ether oxygens (including phenoxy) is 1. The van der Waals surface area contributed by atoms with Crippen LogP contribution in [0.3, 0.4) is 0 Å². The molecule has 0 radical (unpaired) electrons. The van der Waals surface area contributed by atoms with Gasteiger partial charge in [-0.3, -0.25) is 14.9 Å². The molecule has 1 amide bonds. The van der Waals surface area contributed by atoms with E-state index < -0.39 is 10.8 Å². The maximum Gasteiger partial charge on any atom is 0.275 e. The number of phenols is 1. The van der Waals surface area contributed by atoms with Crippen LogP contribution in [0.5, 0.6) is 11.5 Å². The van der Waals surface area contributed by atoms with Crippen molar-refractivity contribution < 1.29 is 19.6 Å². The fraction of sp³-hybridized carbons (Fsp3) is 0.0667. The molecule has 0 aliphatic rings. The fourth-order valence-electron chi connectivity index (χ4n) is 1.84. The molecule has 2 aromatic carbocycles. The van der Waals surface area contributed by atoms with E-state index in [0.29, 0.717) is 10.8 Å². The number of nitro groups is 1. The number of nitro benzene ring substituents is 1. The summed E-state index contributed by atoms with van der Waals surface area (Å²) in [4.78, 5) is 22.2. The van der Waals surface area contributed by atoms with E-state index in [1.54, 1.807) is 6.07 Å². The van der Waals surface area contributed by atoms with Crippen molar-refractivity contribution in [3.05, 3.63) is 62.7 Å². The molecule has 0 aliphatic heterocycles. The number of nitrogens with one attached hydrogen (secondary N) is 1. The summed E-state index contributed by atoms with van der Waals surface area (Å²) in [5.74, 6) is -0.486. The predicted octanol–water partition coefficient (Wildman–Crippen LogP) is 2.73. The van der Waals surface area contributed by atoms with Crippen molar-refractivity contribution in [3.63, 3.8) is 0 Å². The first-order valence-electron chi connectivity index (χ1n) is 6.56. The molecule has 0 heterocycles. The minimum Gasteiger partial charge on any atom is -0.507 e. The van der Waals surface area contributed by atoms with E-state index in [-0.39, 0.29) is 22.6 Å². The van der Waals surface area contributed by atoms with Gasteiger partial charge in [-0.25, -0.2) is 5.43 Å². The number of benzene rings is 2. The molecule has 2 aromatic rings. The van der Waals surface area contributed by atoms with Gasteiger partial charge in [0.05, 0.1) is 23.8 Å². The van der Waals surface area contributed by atoms with Crippen molar-refractivity contribution in [1.29, 1.82) is 0 Å². The zero-order chi connectivity index (χ0) is 17.7. The lowest BCUT2D eigenvalue weighted by Gasteiger charge is -2.07. The van der Waals surface area contributed by atoms with Gasteiger partial charge in [-0.2, -0.15) is 5.10 Å². The van der Waals surface area contributed by atoms with Crippen LogP contribution in [-0.4, -0.2) is 29.3 Å². The number of nitrogens with zero attached hydrogens (tertiary/aromatic N) is 2. The van der Waals surface area contributed by atoms with E-state index >= 15 is 0 Å². The van der Waals surface area contributed by atoms with Crippen LogP contribution in [0.15, 0.2) is 41.5 Å². The molecule has 2 rings (SSSR count). The van der Waals surface area contributed by atoms with E-state index in [1.165, 1.54) is 25.3 Å². The lowest BCUT2D eigenvalue weighted by molar-refractivity contribution is -0.384. The monoisotopic (exact) mass is 349 g/mol. The van der Waals surface area contributed by atoms with Crippen molar-refractivity contribution >= 4 is 29.4 Å². The number of non-ortho nitro benzene ring substituents is 1. The first-order valence-corrected chi connectivity index (χ1v) is 6.94. The lowest BCUT2D eigenvalue weighted by Crippen LogP contribution is -2.18. The Hall–Kier alpha value is -3.13. The molecule has 0 atom stereocenters. The lowest BCUT2D eigenvalue weighted by atomic mass is 10.2. The van der Waals surface area contributed by atoms with E-state index in [1.807, 2.05) is 0 Å². The van der Waals surface area contributed by atoms with Gasteiger partial charge >= 0.3 is 0 Å². The number of rotatable bonds is 5. The summed E-state index contributed by atoms with van der Waals surface area (Å²) in [6, 6.07) is 7.97. The molecule has 2 N–H and O–H groups in total. The number of aromatic hydroxyl groups is 1. The Morgan fingerprint density at radius 3 is 2.79 bits per heavy atom. The Morgan fingerprint density at radius 2 is 2.12 bits per heavy atom. The summed E-state index contributed by atoms with van der Waals surface area (Å²) in [5.41, 5.74) is 2.28. The topological polar surface area (TPSA) is 114 Å².